The minimum atomic E-state index is -0.306. The Morgan fingerprint density at radius 1 is 0.892 bits per heavy atom. The third-order valence-electron chi connectivity index (χ3n) is 6.92. The van der Waals surface area contributed by atoms with Crippen molar-refractivity contribution < 1.29 is 4.39 Å². The van der Waals surface area contributed by atoms with Gasteiger partial charge in [0.25, 0.3) is 0 Å². The summed E-state index contributed by atoms with van der Waals surface area (Å²) in [6.07, 6.45) is 9.80. The van der Waals surface area contributed by atoms with Crippen molar-refractivity contribution in [1.29, 1.82) is 0 Å². The number of fused-ring (bicyclic) bond motifs is 2. The van der Waals surface area contributed by atoms with E-state index in [1.165, 1.54) is 24.5 Å². The van der Waals surface area contributed by atoms with Crippen LogP contribution in [0.3, 0.4) is 0 Å². The Labute approximate surface area is 211 Å². The molecular formula is C28H23FN8. The molecule has 5 aromatic heterocycles. The first kappa shape index (κ1) is 21.8. The number of H-pyrrole nitrogens is 2. The Bertz CT molecular complexity index is 1750. The normalized spacial score (nSPS) is 14.2. The van der Waals surface area contributed by atoms with Crippen molar-refractivity contribution in [1.82, 2.24) is 40.0 Å². The van der Waals surface area contributed by atoms with E-state index in [9.17, 15) is 4.39 Å². The number of halogens is 1. The Kier molecular flexibility index (Phi) is 5.21. The zero-order chi connectivity index (χ0) is 24.8. The molecule has 0 bridgehead atoms. The molecule has 0 unspecified atom stereocenters. The van der Waals surface area contributed by atoms with Crippen LogP contribution in [0.2, 0.25) is 0 Å². The minimum absolute atomic E-state index is 0.306. The molecule has 37 heavy (non-hydrogen) atoms. The molecule has 0 amide bonds. The molecule has 0 spiro atoms. The Hall–Kier alpha value is -4.50. The minimum Gasteiger partial charge on any atom is -0.321 e. The van der Waals surface area contributed by atoms with Crippen molar-refractivity contribution in [2.45, 2.75) is 19.4 Å². The highest BCUT2D eigenvalue weighted by molar-refractivity contribution is 5.96. The second-order valence-corrected chi connectivity index (χ2v) is 9.38. The van der Waals surface area contributed by atoms with Gasteiger partial charge < -0.3 is 4.98 Å². The van der Waals surface area contributed by atoms with Crippen LogP contribution in [0.1, 0.15) is 18.4 Å². The van der Waals surface area contributed by atoms with Gasteiger partial charge in [0.05, 0.1) is 5.39 Å². The standard InChI is InChI=1S/C28H23FN8/c29-23-6-2-1-5-20(23)21-7-8-31-27-24(21)33-28(34-27)25-22-12-19(15-32-26(22)36-35-25)18-11-17(13-30-14-18)16-37-9-3-4-10-37/h1-2,5-8,11-15H,3-4,9-10,16H2,(H,31,33,34)(H,32,35,36). The van der Waals surface area contributed by atoms with E-state index >= 15 is 0 Å². The zero-order valence-electron chi connectivity index (χ0n) is 19.9. The number of benzene rings is 1. The fourth-order valence-corrected chi connectivity index (χ4v) is 5.09. The summed E-state index contributed by atoms with van der Waals surface area (Å²) in [5, 5.41) is 8.32. The zero-order valence-corrected chi connectivity index (χ0v) is 19.9. The van der Waals surface area contributed by atoms with Crippen LogP contribution in [0.4, 0.5) is 4.39 Å². The topological polar surface area (TPSA) is 99.3 Å². The first-order chi connectivity index (χ1) is 18.2. The fourth-order valence-electron chi connectivity index (χ4n) is 5.09. The lowest BCUT2D eigenvalue weighted by atomic mass is 10.1. The molecule has 0 saturated carbocycles. The monoisotopic (exact) mass is 490 g/mol. The molecule has 1 aliphatic rings. The van der Waals surface area contributed by atoms with E-state index in [2.05, 4.69) is 47.2 Å². The van der Waals surface area contributed by atoms with Crippen LogP contribution in [0.5, 0.6) is 0 Å². The van der Waals surface area contributed by atoms with Crippen molar-refractivity contribution in [2.75, 3.05) is 13.1 Å². The molecule has 1 saturated heterocycles. The van der Waals surface area contributed by atoms with Crippen molar-refractivity contribution in [2.24, 2.45) is 0 Å². The molecule has 0 atom stereocenters. The number of hydrogen-bond donors (Lipinski definition) is 2. The van der Waals surface area contributed by atoms with Crippen LogP contribution in [-0.4, -0.2) is 53.1 Å². The van der Waals surface area contributed by atoms with Crippen molar-refractivity contribution in [3.05, 3.63) is 78.6 Å². The van der Waals surface area contributed by atoms with Crippen LogP contribution in [0.15, 0.2) is 67.3 Å². The van der Waals surface area contributed by atoms with Crippen LogP contribution in [0, 0.1) is 5.82 Å². The van der Waals surface area contributed by atoms with Gasteiger partial charge in [-0.2, -0.15) is 5.10 Å². The van der Waals surface area contributed by atoms with E-state index in [1.54, 1.807) is 24.4 Å². The molecule has 1 fully saturated rings. The van der Waals surface area contributed by atoms with Crippen molar-refractivity contribution in [3.63, 3.8) is 0 Å². The highest BCUT2D eigenvalue weighted by Gasteiger charge is 2.18. The SMILES string of the molecule is Fc1ccccc1-c1ccnc2[nH]c(-c3n[nH]c4ncc(-c5cncc(CN6CCCC6)c5)cc34)nc12. The summed E-state index contributed by atoms with van der Waals surface area (Å²) in [6.45, 7) is 3.19. The third-order valence-corrected chi connectivity index (χ3v) is 6.92. The van der Waals surface area contributed by atoms with Gasteiger partial charge in [0.1, 0.15) is 17.0 Å². The number of pyridine rings is 3. The van der Waals surface area contributed by atoms with Crippen LogP contribution >= 0.6 is 0 Å². The number of imidazole rings is 1. The molecular weight excluding hydrogens is 467 g/mol. The fraction of sp³-hybridized carbons (Fsp3) is 0.179. The number of nitrogens with zero attached hydrogens (tertiary/aromatic N) is 6. The maximum atomic E-state index is 14.5. The second kappa shape index (κ2) is 8.86. The van der Waals surface area contributed by atoms with E-state index in [-0.39, 0.29) is 5.82 Å². The van der Waals surface area contributed by atoms with Gasteiger partial charge in [0.2, 0.25) is 0 Å². The summed E-state index contributed by atoms with van der Waals surface area (Å²) in [5.74, 6) is 0.233. The van der Waals surface area contributed by atoms with E-state index in [0.717, 1.165) is 36.1 Å². The maximum absolute atomic E-state index is 14.5. The van der Waals surface area contributed by atoms with E-state index < -0.39 is 0 Å². The van der Waals surface area contributed by atoms with Gasteiger partial charge in [-0.25, -0.2) is 19.3 Å². The number of nitrogens with one attached hydrogen (secondary N) is 2. The molecule has 1 aliphatic heterocycles. The lowest BCUT2D eigenvalue weighted by Crippen LogP contribution is -2.18. The predicted octanol–water partition coefficient (Wildman–Crippen LogP) is 5.36. The average molecular weight is 491 g/mol. The molecule has 2 N–H and O–H groups in total. The second-order valence-electron chi connectivity index (χ2n) is 9.38. The average Bonchev–Trinajstić information content (AvgIpc) is 3.68. The van der Waals surface area contributed by atoms with Crippen molar-refractivity contribution in [3.8, 4) is 33.8 Å². The molecule has 1 aromatic carbocycles. The summed E-state index contributed by atoms with van der Waals surface area (Å²) in [5.41, 5.74) is 6.73. The van der Waals surface area contributed by atoms with Crippen LogP contribution in [-0.2, 0) is 6.54 Å². The number of likely N-dealkylation sites (tertiary alicyclic amines) is 1. The predicted molar refractivity (Wildman–Crippen MR) is 140 cm³/mol. The van der Waals surface area contributed by atoms with Gasteiger partial charge in [-0.05, 0) is 55.8 Å². The molecule has 7 rings (SSSR count). The molecule has 9 heteroatoms. The van der Waals surface area contributed by atoms with E-state index in [4.69, 9.17) is 4.98 Å². The summed E-state index contributed by atoms with van der Waals surface area (Å²) in [6, 6.07) is 12.7. The molecule has 182 valence electrons. The number of aromatic nitrogens is 7. The summed E-state index contributed by atoms with van der Waals surface area (Å²) in [4.78, 5) is 24.0. The Balaban J connectivity index is 1.29. The quantitative estimate of drug-likeness (QED) is 0.338. The summed E-state index contributed by atoms with van der Waals surface area (Å²) < 4.78 is 14.5. The molecule has 6 aromatic rings. The number of hydrogen-bond acceptors (Lipinski definition) is 6. The molecule has 8 nitrogen and oxygen atoms in total. The van der Waals surface area contributed by atoms with Crippen LogP contribution in [0.25, 0.3) is 56.0 Å². The molecule has 6 heterocycles. The first-order valence-electron chi connectivity index (χ1n) is 12.3. The van der Waals surface area contributed by atoms with Crippen LogP contribution < -0.4 is 0 Å². The lowest BCUT2D eigenvalue weighted by molar-refractivity contribution is 0.331. The van der Waals surface area contributed by atoms with Gasteiger partial charge >= 0.3 is 0 Å². The van der Waals surface area contributed by atoms with E-state index in [1.807, 2.05) is 24.7 Å². The summed E-state index contributed by atoms with van der Waals surface area (Å²) >= 11 is 0. The van der Waals surface area contributed by atoms with Crippen molar-refractivity contribution >= 4 is 22.2 Å². The highest BCUT2D eigenvalue weighted by Crippen LogP contribution is 2.32. The maximum Gasteiger partial charge on any atom is 0.161 e. The molecule has 0 aliphatic carbocycles. The van der Waals surface area contributed by atoms with Gasteiger partial charge in [-0.1, -0.05) is 18.2 Å². The highest BCUT2D eigenvalue weighted by atomic mass is 19.1. The largest absolute Gasteiger partial charge is 0.321 e. The third kappa shape index (κ3) is 3.93. The smallest absolute Gasteiger partial charge is 0.161 e. The Morgan fingerprint density at radius 2 is 1.76 bits per heavy atom. The number of aromatic amines is 2. The van der Waals surface area contributed by atoms with Gasteiger partial charge in [0.15, 0.2) is 17.1 Å². The lowest BCUT2D eigenvalue weighted by Gasteiger charge is -2.14. The first-order valence-corrected chi connectivity index (χ1v) is 12.3. The number of rotatable bonds is 5. The van der Waals surface area contributed by atoms with Gasteiger partial charge in [0, 0.05) is 53.6 Å². The summed E-state index contributed by atoms with van der Waals surface area (Å²) in [7, 11) is 0. The Morgan fingerprint density at radius 3 is 2.65 bits per heavy atom. The van der Waals surface area contributed by atoms with Gasteiger partial charge in [-0.3, -0.25) is 15.0 Å². The molecule has 0 radical (unpaired) electrons. The van der Waals surface area contributed by atoms with E-state index in [0.29, 0.717) is 39.5 Å². The van der Waals surface area contributed by atoms with Gasteiger partial charge in [-0.15, -0.1) is 0 Å².